The molecular weight excluding hydrogens is 316 g/mol. The highest BCUT2D eigenvalue weighted by Crippen LogP contribution is 2.10. The molecule has 3 N–H and O–H groups in total. The maximum absolute atomic E-state index is 11.9. The molecule has 0 aliphatic heterocycles. The van der Waals surface area contributed by atoms with E-state index in [-0.39, 0.29) is 5.91 Å². The third-order valence-electron chi connectivity index (χ3n) is 3.02. The van der Waals surface area contributed by atoms with Gasteiger partial charge in [0.25, 0.3) is 0 Å². The summed E-state index contributed by atoms with van der Waals surface area (Å²) >= 11 is 3.38. The van der Waals surface area contributed by atoms with Crippen molar-refractivity contribution in [2.75, 3.05) is 0 Å². The quantitative estimate of drug-likeness (QED) is 0.884. The van der Waals surface area contributed by atoms with Gasteiger partial charge in [0.15, 0.2) is 0 Å². The molecule has 0 aliphatic carbocycles. The fraction of sp³-hybridized carbons (Fsp3) is 0.188. The van der Waals surface area contributed by atoms with E-state index in [1.54, 1.807) is 0 Å². The van der Waals surface area contributed by atoms with Crippen molar-refractivity contribution < 1.29 is 4.79 Å². The van der Waals surface area contributed by atoms with Crippen molar-refractivity contribution in [2.24, 2.45) is 5.73 Å². The molecule has 0 radical (unpaired) electrons. The fourth-order valence-electron chi connectivity index (χ4n) is 1.88. The van der Waals surface area contributed by atoms with Gasteiger partial charge in [0.05, 0.1) is 6.04 Å². The number of benzene rings is 2. The molecule has 1 unspecified atom stereocenters. The lowest BCUT2D eigenvalue weighted by atomic mass is 10.1. The van der Waals surface area contributed by atoms with Gasteiger partial charge in [-0.05, 0) is 29.7 Å². The molecule has 0 bridgehead atoms. The van der Waals surface area contributed by atoms with Crippen molar-refractivity contribution in [2.45, 2.75) is 19.0 Å². The SMILES string of the molecule is NC(Cc1ccccc1)C(=O)NCc1ccc(Br)cc1. The van der Waals surface area contributed by atoms with Crippen LogP contribution in [0.3, 0.4) is 0 Å². The number of nitrogens with two attached hydrogens (primary N) is 1. The third-order valence-corrected chi connectivity index (χ3v) is 3.54. The first-order chi connectivity index (χ1) is 9.65. The predicted molar refractivity (Wildman–Crippen MR) is 84.1 cm³/mol. The first kappa shape index (κ1) is 14.8. The van der Waals surface area contributed by atoms with Gasteiger partial charge in [-0.25, -0.2) is 0 Å². The van der Waals surface area contributed by atoms with Gasteiger partial charge in [-0.2, -0.15) is 0 Å². The van der Waals surface area contributed by atoms with Gasteiger partial charge >= 0.3 is 0 Å². The second kappa shape index (κ2) is 7.22. The molecule has 3 nitrogen and oxygen atoms in total. The number of nitrogens with one attached hydrogen (secondary N) is 1. The molecule has 0 aromatic heterocycles. The van der Waals surface area contributed by atoms with Gasteiger partial charge in [0, 0.05) is 11.0 Å². The normalized spacial score (nSPS) is 11.9. The van der Waals surface area contributed by atoms with Crippen LogP contribution in [0.25, 0.3) is 0 Å². The van der Waals surface area contributed by atoms with Crippen molar-refractivity contribution in [1.29, 1.82) is 0 Å². The van der Waals surface area contributed by atoms with Gasteiger partial charge in [0.2, 0.25) is 5.91 Å². The van der Waals surface area contributed by atoms with Crippen LogP contribution in [-0.2, 0) is 17.8 Å². The van der Waals surface area contributed by atoms with E-state index < -0.39 is 6.04 Å². The Morgan fingerprint density at radius 1 is 1.05 bits per heavy atom. The van der Waals surface area contributed by atoms with E-state index in [1.165, 1.54) is 0 Å². The van der Waals surface area contributed by atoms with Crippen LogP contribution in [0.5, 0.6) is 0 Å². The summed E-state index contributed by atoms with van der Waals surface area (Å²) < 4.78 is 1.02. The summed E-state index contributed by atoms with van der Waals surface area (Å²) in [5.74, 6) is -0.128. The number of carbonyl (C=O) groups excluding carboxylic acids is 1. The third kappa shape index (κ3) is 4.47. The van der Waals surface area contributed by atoms with Crippen molar-refractivity contribution in [3.05, 3.63) is 70.2 Å². The molecule has 0 saturated heterocycles. The molecule has 20 heavy (non-hydrogen) atoms. The largest absolute Gasteiger partial charge is 0.351 e. The van der Waals surface area contributed by atoms with Crippen LogP contribution in [0, 0.1) is 0 Å². The Morgan fingerprint density at radius 2 is 1.70 bits per heavy atom. The molecule has 2 aromatic carbocycles. The van der Waals surface area contributed by atoms with E-state index in [0.29, 0.717) is 13.0 Å². The van der Waals surface area contributed by atoms with Crippen molar-refractivity contribution >= 4 is 21.8 Å². The number of hydrogen-bond donors (Lipinski definition) is 2. The lowest BCUT2D eigenvalue weighted by Crippen LogP contribution is -2.41. The van der Waals surface area contributed by atoms with Gasteiger partial charge in [0.1, 0.15) is 0 Å². The Labute approximate surface area is 127 Å². The van der Waals surface area contributed by atoms with Crippen LogP contribution in [0.15, 0.2) is 59.1 Å². The molecule has 1 atom stereocenters. The Bertz CT molecular complexity index is 554. The van der Waals surface area contributed by atoms with Crippen molar-refractivity contribution in [1.82, 2.24) is 5.32 Å². The maximum Gasteiger partial charge on any atom is 0.237 e. The Morgan fingerprint density at radius 3 is 2.35 bits per heavy atom. The van der Waals surface area contributed by atoms with Gasteiger partial charge in [-0.1, -0.05) is 58.4 Å². The second-order valence-electron chi connectivity index (χ2n) is 4.64. The second-order valence-corrected chi connectivity index (χ2v) is 5.56. The minimum absolute atomic E-state index is 0.128. The van der Waals surface area contributed by atoms with Gasteiger partial charge in [-0.3, -0.25) is 4.79 Å². The summed E-state index contributed by atoms with van der Waals surface area (Å²) in [6.45, 7) is 0.495. The van der Waals surface area contributed by atoms with E-state index in [1.807, 2.05) is 54.6 Å². The van der Waals surface area contributed by atoms with Crippen LogP contribution in [0.4, 0.5) is 0 Å². The highest BCUT2D eigenvalue weighted by Gasteiger charge is 2.13. The number of amides is 1. The summed E-state index contributed by atoms with van der Waals surface area (Å²) in [7, 11) is 0. The summed E-state index contributed by atoms with van der Waals surface area (Å²) in [4.78, 5) is 11.9. The zero-order chi connectivity index (χ0) is 14.4. The van der Waals surface area contributed by atoms with E-state index in [0.717, 1.165) is 15.6 Å². The Hall–Kier alpha value is -1.65. The average molecular weight is 333 g/mol. The van der Waals surface area contributed by atoms with Gasteiger partial charge in [-0.15, -0.1) is 0 Å². The molecule has 0 spiro atoms. The lowest BCUT2D eigenvalue weighted by molar-refractivity contribution is -0.122. The van der Waals surface area contributed by atoms with E-state index in [4.69, 9.17) is 5.73 Å². The van der Waals surface area contributed by atoms with Gasteiger partial charge < -0.3 is 11.1 Å². The number of carbonyl (C=O) groups is 1. The maximum atomic E-state index is 11.9. The average Bonchev–Trinajstić information content (AvgIpc) is 2.47. The van der Waals surface area contributed by atoms with Crippen molar-refractivity contribution in [3.63, 3.8) is 0 Å². The first-order valence-electron chi connectivity index (χ1n) is 6.47. The van der Waals surface area contributed by atoms with Crippen LogP contribution in [0.2, 0.25) is 0 Å². The molecule has 0 fully saturated rings. The van der Waals surface area contributed by atoms with Crippen LogP contribution in [-0.4, -0.2) is 11.9 Å². The van der Waals surface area contributed by atoms with E-state index in [9.17, 15) is 4.79 Å². The zero-order valence-electron chi connectivity index (χ0n) is 11.1. The summed E-state index contributed by atoms with van der Waals surface area (Å²) in [5, 5.41) is 2.86. The number of halogens is 1. The highest BCUT2D eigenvalue weighted by molar-refractivity contribution is 9.10. The number of hydrogen-bond acceptors (Lipinski definition) is 2. The minimum atomic E-state index is -0.521. The molecule has 0 heterocycles. The molecule has 1 amide bonds. The van der Waals surface area contributed by atoms with Crippen molar-refractivity contribution in [3.8, 4) is 0 Å². The highest BCUT2D eigenvalue weighted by atomic mass is 79.9. The first-order valence-corrected chi connectivity index (χ1v) is 7.26. The fourth-order valence-corrected chi connectivity index (χ4v) is 2.15. The van der Waals surface area contributed by atoms with Crippen LogP contribution >= 0.6 is 15.9 Å². The molecule has 104 valence electrons. The molecule has 2 aromatic rings. The summed E-state index contributed by atoms with van der Waals surface area (Å²) in [5.41, 5.74) is 8.04. The number of rotatable bonds is 5. The Balaban J connectivity index is 1.83. The van der Waals surface area contributed by atoms with Crippen LogP contribution in [0.1, 0.15) is 11.1 Å². The topological polar surface area (TPSA) is 55.1 Å². The summed E-state index contributed by atoms with van der Waals surface area (Å²) in [6, 6.07) is 17.1. The smallest absolute Gasteiger partial charge is 0.237 e. The molecule has 4 heteroatoms. The molecule has 2 rings (SSSR count). The Kier molecular flexibility index (Phi) is 5.32. The lowest BCUT2D eigenvalue weighted by Gasteiger charge is -2.12. The van der Waals surface area contributed by atoms with E-state index >= 15 is 0 Å². The minimum Gasteiger partial charge on any atom is -0.351 e. The molecule has 0 saturated carbocycles. The molecular formula is C16H17BrN2O. The zero-order valence-corrected chi connectivity index (χ0v) is 12.6. The monoisotopic (exact) mass is 332 g/mol. The predicted octanol–water partition coefficient (Wildman–Crippen LogP) is 2.64. The summed E-state index contributed by atoms with van der Waals surface area (Å²) in [6.07, 6.45) is 0.549. The standard InChI is InChI=1S/C16H17BrN2O/c17-14-8-6-13(7-9-14)11-19-16(20)15(18)10-12-4-2-1-3-5-12/h1-9,15H,10-11,18H2,(H,19,20). The van der Waals surface area contributed by atoms with Crippen LogP contribution < -0.4 is 11.1 Å². The molecule has 0 aliphatic rings. The van der Waals surface area contributed by atoms with E-state index in [2.05, 4.69) is 21.2 Å².